The standard InChI is InChI=1S/C37H48F3N3O3S/c1-8-32(34-21-19-31(47(44,45)46)25-35(34)27(7)41-23-13-22-37(38,39)40)36(28-14-16-29(17-15-28)42(9-2)10-3)33-20-18-30(24-26(33)6)43(11-4)12-5/h8,14-21,24-25,36,41H,7,9-13,22-23H2,1-6H3,(H,44,45,46)/b32-8+. The molecule has 0 spiro atoms. The Hall–Kier alpha value is -3.76. The topological polar surface area (TPSA) is 72.9 Å². The molecule has 0 amide bonds. The highest BCUT2D eigenvalue weighted by Crippen LogP contribution is 2.43. The van der Waals surface area contributed by atoms with Crippen molar-refractivity contribution >= 4 is 32.8 Å². The Morgan fingerprint density at radius 2 is 1.47 bits per heavy atom. The molecule has 0 aliphatic carbocycles. The molecule has 0 aromatic heterocycles. The maximum Gasteiger partial charge on any atom is 0.389 e. The summed E-state index contributed by atoms with van der Waals surface area (Å²) in [5, 5.41) is 2.96. The highest BCUT2D eigenvalue weighted by atomic mass is 32.2. The molecule has 0 bridgehead atoms. The molecule has 3 aromatic rings. The van der Waals surface area contributed by atoms with Gasteiger partial charge in [-0.1, -0.05) is 36.9 Å². The van der Waals surface area contributed by atoms with E-state index in [1.165, 1.54) is 12.1 Å². The number of nitrogens with one attached hydrogen (secondary N) is 1. The van der Waals surface area contributed by atoms with Gasteiger partial charge in [-0.25, -0.2) is 0 Å². The molecule has 0 aliphatic heterocycles. The molecule has 0 saturated heterocycles. The van der Waals surface area contributed by atoms with Crippen LogP contribution >= 0.6 is 0 Å². The summed E-state index contributed by atoms with van der Waals surface area (Å²) in [5.74, 6) is -0.287. The van der Waals surface area contributed by atoms with Crippen molar-refractivity contribution in [3.63, 3.8) is 0 Å². The van der Waals surface area contributed by atoms with Crippen LogP contribution in [0.1, 0.15) is 81.2 Å². The van der Waals surface area contributed by atoms with Crippen LogP contribution in [-0.2, 0) is 10.1 Å². The number of benzene rings is 3. The quantitative estimate of drug-likeness (QED) is 0.117. The largest absolute Gasteiger partial charge is 0.389 e. The summed E-state index contributed by atoms with van der Waals surface area (Å²) < 4.78 is 72.7. The molecule has 0 heterocycles. The second kappa shape index (κ2) is 16.4. The second-order valence-electron chi connectivity index (χ2n) is 11.5. The fourth-order valence-corrected chi connectivity index (χ4v) is 6.56. The van der Waals surface area contributed by atoms with Crippen LogP contribution in [0.15, 0.2) is 78.2 Å². The van der Waals surface area contributed by atoms with Crippen LogP contribution in [-0.4, -0.2) is 51.9 Å². The SMILES string of the molecule is C=C(NCCCC(F)(F)F)c1cc(S(=O)(=O)O)ccc1/C(=C\C)C(c1ccc(N(CC)CC)cc1)c1ccc(N(CC)CC)cc1C. The van der Waals surface area contributed by atoms with Gasteiger partial charge in [0.05, 0.1) is 4.90 Å². The Morgan fingerprint density at radius 1 is 0.894 bits per heavy atom. The Bertz CT molecular complexity index is 1640. The minimum absolute atomic E-state index is 0.0127. The van der Waals surface area contributed by atoms with E-state index in [1.54, 1.807) is 6.07 Å². The van der Waals surface area contributed by atoms with E-state index in [0.717, 1.165) is 59.8 Å². The highest BCUT2D eigenvalue weighted by molar-refractivity contribution is 7.85. The summed E-state index contributed by atoms with van der Waals surface area (Å²) in [6.45, 7) is 20.0. The molecule has 3 rings (SSSR count). The first kappa shape index (κ1) is 37.7. The smallest absolute Gasteiger partial charge is 0.385 e. The minimum Gasteiger partial charge on any atom is -0.385 e. The van der Waals surface area contributed by atoms with Crippen molar-refractivity contribution in [2.75, 3.05) is 42.5 Å². The van der Waals surface area contributed by atoms with Crippen molar-refractivity contribution in [3.05, 3.63) is 101 Å². The van der Waals surface area contributed by atoms with Crippen molar-refractivity contribution in [2.24, 2.45) is 0 Å². The van der Waals surface area contributed by atoms with E-state index < -0.39 is 22.7 Å². The van der Waals surface area contributed by atoms with E-state index in [1.807, 2.05) is 13.0 Å². The molecule has 256 valence electrons. The van der Waals surface area contributed by atoms with Crippen LogP contribution in [0.2, 0.25) is 0 Å². The molecule has 1 atom stereocenters. The van der Waals surface area contributed by atoms with Gasteiger partial charge in [0.1, 0.15) is 0 Å². The zero-order chi connectivity index (χ0) is 34.9. The molecule has 0 aliphatic rings. The van der Waals surface area contributed by atoms with Crippen LogP contribution in [0.4, 0.5) is 24.5 Å². The van der Waals surface area contributed by atoms with E-state index in [9.17, 15) is 26.1 Å². The fourth-order valence-electron chi connectivity index (χ4n) is 6.05. The number of hydrogen-bond donors (Lipinski definition) is 2. The Kier molecular flexibility index (Phi) is 13.1. The number of halogens is 3. The van der Waals surface area contributed by atoms with Crippen molar-refractivity contribution < 1.29 is 26.1 Å². The lowest BCUT2D eigenvalue weighted by molar-refractivity contribution is -0.135. The van der Waals surface area contributed by atoms with E-state index in [4.69, 9.17) is 0 Å². The Morgan fingerprint density at radius 3 is 1.98 bits per heavy atom. The molecular weight excluding hydrogens is 623 g/mol. The minimum atomic E-state index is -4.57. The lowest BCUT2D eigenvalue weighted by atomic mass is 9.78. The molecule has 2 N–H and O–H groups in total. The maximum absolute atomic E-state index is 12.8. The first-order valence-corrected chi connectivity index (χ1v) is 17.6. The maximum atomic E-state index is 12.8. The number of aryl methyl sites for hydroxylation is 1. The van der Waals surface area contributed by atoms with Crippen molar-refractivity contribution in [1.82, 2.24) is 5.32 Å². The third-order valence-corrected chi connectivity index (χ3v) is 9.42. The molecule has 0 radical (unpaired) electrons. The molecule has 47 heavy (non-hydrogen) atoms. The first-order valence-electron chi connectivity index (χ1n) is 16.2. The van der Waals surface area contributed by atoms with E-state index >= 15 is 0 Å². The Balaban J connectivity index is 2.23. The van der Waals surface area contributed by atoms with E-state index in [-0.39, 0.29) is 29.5 Å². The van der Waals surface area contributed by atoms with Gasteiger partial charge in [-0.2, -0.15) is 21.6 Å². The van der Waals surface area contributed by atoms with Gasteiger partial charge >= 0.3 is 6.18 Å². The third-order valence-electron chi connectivity index (χ3n) is 8.57. The van der Waals surface area contributed by atoms with Gasteiger partial charge in [-0.3, -0.25) is 4.55 Å². The van der Waals surface area contributed by atoms with Crippen molar-refractivity contribution in [1.29, 1.82) is 0 Å². The second-order valence-corrected chi connectivity index (χ2v) is 12.9. The monoisotopic (exact) mass is 671 g/mol. The first-order chi connectivity index (χ1) is 22.2. The van der Waals surface area contributed by atoms with Gasteiger partial charge in [0.2, 0.25) is 0 Å². The van der Waals surface area contributed by atoms with Crippen molar-refractivity contribution in [3.8, 4) is 0 Å². The van der Waals surface area contributed by atoms with Gasteiger partial charge in [0, 0.05) is 67.7 Å². The van der Waals surface area contributed by atoms with E-state index in [0.29, 0.717) is 11.1 Å². The summed E-state index contributed by atoms with van der Waals surface area (Å²) in [6, 6.07) is 19.1. The molecule has 0 saturated carbocycles. The summed E-state index contributed by atoms with van der Waals surface area (Å²) in [5.41, 5.74) is 7.50. The van der Waals surface area contributed by atoms with Crippen LogP contribution in [0.3, 0.4) is 0 Å². The molecular formula is C37H48F3N3O3S. The molecule has 1 unspecified atom stereocenters. The lowest BCUT2D eigenvalue weighted by Gasteiger charge is -2.29. The summed E-state index contributed by atoms with van der Waals surface area (Å²) in [7, 11) is -4.57. The Labute approximate surface area is 278 Å². The van der Waals surface area contributed by atoms with Gasteiger partial charge < -0.3 is 15.1 Å². The number of nitrogens with zero attached hydrogens (tertiary/aromatic N) is 2. The lowest BCUT2D eigenvalue weighted by Crippen LogP contribution is -2.22. The van der Waals surface area contributed by atoms with Crippen LogP contribution in [0, 0.1) is 6.92 Å². The predicted octanol–water partition coefficient (Wildman–Crippen LogP) is 9.07. The average Bonchev–Trinajstić information content (AvgIpc) is 3.03. The van der Waals surface area contributed by atoms with Crippen molar-refractivity contribution in [2.45, 2.75) is 71.4 Å². The van der Waals surface area contributed by atoms with Crippen LogP contribution < -0.4 is 15.1 Å². The van der Waals surface area contributed by atoms with Gasteiger partial charge in [-0.05, 0) is 112 Å². The van der Waals surface area contributed by atoms with E-state index in [2.05, 4.69) is 98.8 Å². The molecule has 0 fully saturated rings. The third kappa shape index (κ3) is 9.64. The number of rotatable bonds is 16. The molecule has 3 aromatic carbocycles. The number of alkyl halides is 3. The zero-order valence-electron chi connectivity index (χ0n) is 28.3. The normalized spacial score (nSPS) is 12.9. The fraction of sp³-hybridized carbons (Fsp3) is 0.405. The zero-order valence-corrected chi connectivity index (χ0v) is 29.1. The number of anilines is 2. The molecule has 6 nitrogen and oxygen atoms in total. The molecule has 10 heteroatoms. The number of hydrogen-bond acceptors (Lipinski definition) is 5. The van der Waals surface area contributed by atoms with Crippen LogP contribution in [0.5, 0.6) is 0 Å². The summed E-state index contributed by atoms with van der Waals surface area (Å²) in [4.78, 5) is 4.21. The van der Waals surface area contributed by atoms with Crippen LogP contribution in [0.25, 0.3) is 11.3 Å². The summed E-state index contributed by atoms with van der Waals surface area (Å²) >= 11 is 0. The predicted molar refractivity (Wildman–Crippen MR) is 189 cm³/mol. The highest BCUT2D eigenvalue weighted by Gasteiger charge is 2.27. The average molecular weight is 672 g/mol. The summed E-state index contributed by atoms with van der Waals surface area (Å²) in [6.07, 6.45) is -3.45. The van der Waals surface area contributed by atoms with Gasteiger partial charge in [0.25, 0.3) is 10.1 Å². The van der Waals surface area contributed by atoms with Gasteiger partial charge in [0.15, 0.2) is 0 Å². The van der Waals surface area contributed by atoms with Gasteiger partial charge in [-0.15, -0.1) is 0 Å². The number of allylic oxidation sites excluding steroid dienone is 2.